The number of carbonyl (C=O) groups excluding carboxylic acids is 2. The van der Waals surface area contributed by atoms with Gasteiger partial charge in [0.15, 0.2) is 5.78 Å². The number of primary amides is 1. The first-order valence-corrected chi connectivity index (χ1v) is 7.50. The fourth-order valence-electron chi connectivity index (χ4n) is 3.30. The van der Waals surface area contributed by atoms with E-state index in [1.54, 1.807) is 0 Å². The van der Waals surface area contributed by atoms with Gasteiger partial charge < -0.3 is 11.5 Å². The highest BCUT2D eigenvalue weighted by Gasteiger charge is 2.52. The monoisotopic (exact) mass is 289 g/mol. The molecule has 20 heavy (non-hydrogen) atoms. The van der Waals surface area contributed by atoms with Crippen LogP contribution >= 0.6 is 11.3 Å². The number of carbonyl (C=O) groups is 2. The molecule has 6 heteroatoms. The Morgan fingerprint density at radius 3 is 2.65 bits per heavy atom. The molecule has 1 heterocycles. The number of fused-ring (bicyclic) bond motifs is 1. The number of thiophene rings is 1. The smallest absolute Gasteiger partial charge is 0.251 e. The highest BCUT2D eigenvalue weighted by molar-refractivity contribution is 7.18. The maximum Gasteiger partial charge on any atom is 0.251 e. The maximum atomic E-state index is 12.8. The van der Waals surface area contributed by atoms with Gasteiger partial charge in [-0.15, -0.1) is 11.3 Å². The molecule has 1 fully saturated rings. The normalized spacial score (nSPS) is 25.6. The molecule has 0 bridgehead atoms. The Hall–Kier alpha value is -1.87. The summed E-state index contributed by atoms with van der Waals surface area (Å²) in [5.74, 6) is -0.607. The molecule has 1 unspecified atom stereocenters. The van der Waals surface area contributed by atoms with Crippen LogP contribution in [0.1, 0.15) is 51.3 Å². The van der Waals surface area contributed by atoms with Crippen LogP contribution in [0.25, 0.3) is 0 Å². The number of nitrogen functional groups attached to an aromatic ring is 1. The van der Waals surface area contributed by atoms with Gasteiger partial charge in [0.1, 0.15) is 5.41 Å². The molecule has 3 rings (SSSR count). The van der Waals surface area contributed by atoms with Crippen LogP contribution in [-0.4, -0.2) is 11.7 Å². The van der Waals surface area contributed by atoms with Crippen molar-refractivity contribution < 1.29 is 9.59 Å². The Balaban J connectivity index is 2.10. The summed E-state index contributed by atoms with van der Waals surface area (Å²) in [5.41, 5.74) is 11.2. The number of rotatable bonds is 2. The third kappa shape index (κ3) is 1.53. The standard InChI is InChI=1S/C14H15N3O2S/c15-6-14(7-2-1-3-7)5-4-8-9(12(16)19)13(17)20-10(8)11(14)18/h7H,1-5,17H2,(H2,16,19). The molecule has 0 aliphatic heterocycles. The third-order valence-corrected chi connectivity index (χ3v) is 5.72. The number of nitrogens with zero attached hydrogens (tertiary/aromatic N) is 1. The van der Waals surface area contributed by atoms with Crippen LogP contribution in [0.5, 0.6) is 0 Å². The van der Waals surface area contributed by atoms with Gasteiger partial charge in [0, 0.05) is 0 Å². The quantitative estimate of drug-likeness (QED) is 0.865. The minimum absolute atomic E-state index is 0.147. The summed E-state index contributed by atoms with van der Waals surface area (Å²) in [5, 5.41) is 9.86. The molecule has 0 spiro atoms. The molecule has 0 aromatic carbocycles. The zero-order valence-corrected chi connectivity index (χ0v) is 11.8. The van der Waals surface area contributed by atoms with Crippen molar-refractivity contribution in [3.8, 4) is 6.07 Å². The van der Waals surface area contributed by atoms with Crippen LogP contribution in [0.4, 0.5) is 5.00 Å². The number of nitrogens with two attached hydrogens (primary N) is 2. The average molecular weight is 289 g/mol. The number of ketones is 1. The number of nitriles is 1. The molecule has 5 nitrogen and oxygen atoms in total. The van der Waals surface area contributed by atoms with Gasteiger partial charge in [-0.05, 0) is 37.2 Å². The molecule has 0 radical (unpaired) electrons. The van der Waals surface area contributed by atoms with Crippen LogP contribution in [0.2, 0.25) is 0 Å². The molecule has 0 saturated heterocycles. The Bertz CT molecular complexity index is 654. The highest BCUT2D eigenvalue weighted by Crippen LogP contribution is 2.51. The molecule has 1 atom stereocenters. The van der Waals surface area contributed by atoms with E-state index in [4.69, 9.17) is 11.5 Å². The minimum Gasteiger partial charge on any atom is -0.390 e. The van der Waals surface area contributed by atoms with Crippen LogP contribution < -0.4 is 11.5 Å². The summed E-state index contributed by atoms with van der Waals surface area (Å²) in [6.45, 7) is 0. The summed E-state index contributed by atoms with van der Waals surface area (Å²) in [6.07, 6.45) is 3.93. The van der Waals surface area contributed by atoms with Crippen molar-refractivity contribution in [3.05, 3.63) is 16.0 Å². The van der Waals surface area contributed by atoms with Gasteiger partial charge >= 0.3 is 0 Å². The average Bonchev–Trinajstić information content (AvgIpc) is 2.68. The first-order valence-electron chi connectivity index (χ1n) is 6.68. The zero-order valence-electron chi connectivity index (χ0n) is 10.9. The fourth-order valence-corrected chi connectivity index (χ4v) is 4.45. The molecule has 104 valence electrons. The molecular formula is C14H15N3O2S. The predicted molar refractivity (Wildman–Crippen MR) is 75.3 cm³/mol. The van der Waals surface area contributed by atoms with E-state index in [9.17, 15) is 14.9 Å². The zero-order chi connectivity index (χ0) is 14.5. The summed E-state index contributed by atoms with van der Waals surface area (Å²) in [4.78, 5) is 24.7. The van der Waals surface area contributed by atoms with Crippen LogP contribution in [0.15, 0.2) is 0 Å². The van der Waals surface area contributed by atoms with Gasteiger partial charge in [-0.1, -0.05) is 6.42 Å². The van der Waals surface area contributed by atoms with Gasteiger partial charge in [-0.2, -0.15) is 5.26 Å². The van der Waals surface area contributed by atoms with Crippen LogP contribution in [0, 0.1) is 22.7 Å². The fraction of sp³-hybridized carbons (Fsp3) is 0.500. The topological polar surface area (TPSA) is 110 Å². The Morgan fingerprint density at radius 2 is 2.15 bits per heavy atom. The van der Waals surface area contributed by atoms with E-state index in [2.05, 4.69) is 6.07 Å². The molecule has 1 amide bonds. The Labute approximate surface area is 120 Å². The summed E-state index contributed by atoms with van der Waals surface area (Å²) in [7, 11) is 0. The number of Topliss-reactive ketones (excluding diaryl/α,β-unsaturated/α-hetero) is 1. The van der Waals surface area contributed by atoms with Crippen molar-refractivity contribution in [3.63, 3.8) is 0 Å². The molecule has 2 aliphatic carbocycles. The van der Waals surface area contributed by atoms with Crippen LogP contribution in [-0.2, 0) is 6.42 Å². The van der Waals surface area contributed by atoms with E-state index in [1.165, 1.54) is 0 Å². The second-order valence-electron chi connectivity index (χ2n) is 5.55. The van der Waals surface area contributed by atoms with Gasteiger partial charge in [0.05, 0.1) is 21.5 Å². The van der Waals surface area contributed by atoms with Gasteiger partial charge in [0.2, 0.25) is 0 Å². The van der Waals surface area contributed by atoms with Crippen molar-refractivity contribution in [1.29, 1.82) is 5.26 Å². The third-order valence-electron chi connectivity index (χ3n) is 4.66. The number of hydrogen-bond acceptors (Lipinski definition) is 5. The van der Waals surface area contributed by atoms with E-state index in [0.717, 1.165) is 30.6 Å². The van der Waals surface area contributed by atoms with Crippen molar-refractivity contribution in [1.82, 2.24) is 0 Å². The largest absolute Gasteiger partial charge is 0.390 e. The van der Waals surface area contributed by atoms with Crippen molar-refractivity contribution in [2.75, 3.05) is 5.73 Å². The number of anilines is 1. The van der Waals surface area contributed by atoms with Gasteiger partial charge in [-0.25, -0.2) is 0 Å². The van der Waals surface area contributed by atoms with Crippen molar-refractivity contribution >= 4 is 28.0 Å². The molecule has 1 saturated carbocycles. The number of amides is 1. The van der Waals surface area contributed by atoms with E-state index in [1.807, 2.05) is 0 Å². The lowest BCUT2D eigenvalue weighted by Crippen LogP contribution is -2.43. The SMILES string of the molecule is N#CC1(C2CCC2)CCc2c(sc(N)c2C(N)=O)C1=O. The van der Waals surface area contributed by atoms with E-state index in [0.29, 0.717) is 23.3 Å². The summed E-state index contributed by atoms with van der Waals surface area (Å²) >= 11 is 1.10. The van der Waals surface area contributed by atoms with Crippen molar-refractivity contribution in [2.24, 2.45) is 17.1 Å². The summed E-state index contributed by atoms with van der Waals surface area (Å²) in [6, 6.07) is 2.27. The molecule has 2 aliphatic rings. The molecular weight excluding hydrogens is 274 g/mol. The highest BCUT2D eigenvalue weighted by atomic mass is 32.1. The van der Waals surface area contributed by atoms with Crippen LogP contribution in [0.3, 0.4) is 0 Å². The van der Waals surface area contributed by atoms with E-state index >= 15 is 0 Å². The summed E-state index contributed by atoms with van der Waals surface area (Å²) < 4.78 is 0. The molecule has 1 aromatic rings. The maximum absolute atomic E-state index is 12.8. The lowest BCUT2D eigenvalue weighted by molar-refractivity contribution is 0.0632. The Kier molecular flexibility index (Phi) is 2.83. The second kappa shape index (κ2) is 4.32. The van der Waals surface area contributed by atoms with E-state index < -0.39 is 11.3 Å². The molecule has 4 N–H and O–H groups in total. The first kappa shape index (κ1) is 13.1. The van der Waals surface area contributed by atoms with E-state index in [-0.39, 0.29) is 22.3 Å². The minimum atomic E-state index is -0.919. The second-order valence-corrected chi connectivity index (χ2v) is 6.61. The van der Waals surface area contributed by atoms with Gasteiger partial charge in [-0.3, -0.25) is 9.59 Å². The van der Waals surface area contributed by atoms with Crippen molar-refractivity contribution in [2.45, 2.75) is 32.1 Å². The van der Waals surface area contributed by atoms with Gasteiger partial charge in [0.25, 0.3) is 5.91 Å². The molecule has 1 aromatic heterocycles. The lowest BCUT2D eigenvalue weighted by Gasteiger charge is -2.41. The lowest BCUT2D eigenvalue weighted by atomic mass is 9.59. The predicted octanol–water partition coefficient (Wildman–Crippen LogP) is 1.87. The number of hydrogen-bond donors (Lipinski definition) is 2. The Morgan fingerprint density at radius 1 is 1.45 bits per heavy atom. The first-order chi connectivity index (χ1) is 9.51.